The third-order valence-corrected chi connectivity index (χ3v) is 6.83. The molecule has 0 saturated carbocycles. The van der Waals surface area contributed by atoms with Gasteiger partial charge in [0.25, 0.3) is 0 Å². The van der Waals surface area contributed by atoms with E-state index in [0.29, 0.717) is 32.6 Å². The fraction of sp³-hybridized carbons (Fsp3) is 0.321. The lowest BCUT2D eigenvalue weighted by Crippen LogP contribution is -2.49. The van der Waals surface area contributed by atoms with Crippen LogP contribution in [0, 0.1) is 0 Å². The summed E-state index contributed by atoms with van der Waals surface area (Å²) in [6.45, 7) is 2.57. The quantitative estimate of drug-likeness (QED) is 0.497. The Bertz CT molecular complexity index is 1240. The number of aromatic nitrogens is 2. The number of anilines is 1. The first-order valence-corrected chi connectivity index (χ1v) is 12.5. The molecule has 5 rings (SSSR count). The molecule has 0 aliphatic carbocycles. The van der Waals surface area contributed by atoms with E-state index in [1.807, 2.05) is 59.5 Å². The number of methoxy groups -OCH3 is 1. The topological polar surface area (TPSA) is 91.2 Å². The van der Waals surface area contributed by atoms with Crippen molar-refractivity contribution in [3.8, 4) is 5.75 Å². The molecule has 0 bridgehead atoms. The van der Waals surface area contributed by atoms with E-state index in [1.165, 1.54) is 0 Å². The molecule has 2 aromatic carbocycles. The summed E-state index contributed by atoms with van der Waals surface area (Å²) in [4.78, 5) is 38.7. The number of rotatable bonds is 7. The van der Waals surface area contributed by atoms with Crippen molar-refractivity contribution in [1.29, 1.82) is 0 Å². The molecule has 0 unspecified atom stereocenters. The maximum absolute atomic E-state index is 13.4. The molecule has 190 valence electrons. The Hall–Kier alpha value is -4.27. The van der Waals surface area contributed by atoms with Gasteiger partial charge in [-0.25, -0.2) is 9.99 Å². The average Bonchev–Trinajstić information content (AvgIpc) is 3.42. The second kappa shape index (κ2) is 11.2. The monoisotopic (exact) mass is 498 g/mol. The number of hydrazone groups is 1. The van der Waals surface area contributed by atoms with Gasteiger partial charge < -0.3 is 14.5 Å². The predicted molar refractivity (Wildman–Crippen MR) is 140 cm³/mol. The van der Waals surface area contributed by atoms with Crippen LogP contribution in [0.1, 0.15) is 36.4 Å². The molecule has 3 heterocycles. The zero-order valence-corrected chi connectivity index (χ0v) is 20.9. The van der Waals surface area contributed by atoms with Gasteiger partial charge in [0, 0.05) is 57.8 Å². The molecular formula is C28H30N6O3. The van der Waals surface area contributed by atoms with Crippen molar-refractivity contribution < 1.29 is 14.3 Å². The molecule has 1 aromatic heterocycles. The van der Waals surface area contributed by atoms with Crippen LogP contribution in [-0.2, 0) is 9.59 Å². The van der Waals surface area contributed by atoms with E-state index in [-0.39, 0.29) is 30.7 Å². The molecule has 1 fully saturated rings. The summed E-state index contributed by atoms with van der Waals surface area (Å²) in [5.41, 5.74) is 2.84. The fourth-order valence-corrected chi connectivity index (χ4v) is 4.76. The number of nitrogens with zero attached hydrogens (tertiary/aromatic N) is 6. The maximum atomic E-state index is 13.4. The maximum Gasteiger partial charge on any atom is 0.243 e. The van der Waals surface area contributed by atoms with Crippen molar-refractivity contribution in [2.45, 2.75) is 25.3 Å². The molecule has 37 heavy (non-hydrogen) atoms. The van der Waals surface area contributed by atoms with Crippen LogP contribution in [0.4, 0.5) is 5.82 Å². The number of ether oxygens (including phenoxy) is 1. The van der Waals surface area contributed by atoms with Crippen LogP contribution in [0.5, 0.6) is 5.75 Å². The number of benzene rings is 2. The van der Waals surface area contributed by atoms with Crippen molar-refractivity contribution in [2.75, 3.05) is 38.2 Å². The van der Waals surface area contributed by atoms with Crippen LogP contribution in [0.25, 0.3) is 0 Å². The van der Waals surface area contributed by atoms with Crippen LogP contribution >= 0.6 is 0 Å². The van der Waals surface area contributed by atoms with Crippen LogP contribution in [0.15, 0.2) is 78.3 Å². The van der Waals surface area contributed by atoms with E-state index >= 15 is 0 Å². The van der Waals surface area contributed by atoms with Crippen molar-refractivity contribution in [3.05, 3.63) is 84.3 Å². The largest absolute Gasteiger partial charge is 0.497 e. The third kappa shape index (κ3) is 5.61. The summed E-state index contributed by atoms with van der Waals surface area (Å²) < 4.78 is 5.29. The van der Waals surface area contributed by atoms with Crippen LogP contribution in [0.2, 0.25) is 0 Å². The Morgan fingerprint density at radius 1 is 0.919 bits per heavy atom. The van der Waals surface area contributed by atoms with Gasteiger partial charge in [-0.2, -0.15) is 5.10 Å². The Balaban J connectivity index is 1.23. The third-order valence-electron chi connectivity index (χ3n) is 6.83. The number of amides is 2. The highest BCUT2D eigenvalue weighted by molar-refractivity contribution is 6.03. The summed E-state index contributed by atoms with van der Waals surface area (Å²) in [5, 5.41) is 6.28. The first-order valence-electron chi connectivity index (χ1n) is 12.5. The van der Waals surface area contributed by atoms with E-state index in [4.69, 9.17) is 9.84 Å². The summed E-state index contributed by atoms with van der Waals surface area (Å²) in [6.07, 6.45) is 5.93. The number of carbonyl (C=O) groups excluding carboxylic acids is 2. The van der Waals surface area contributed by atoms with Gasteiger partial charge >= 0.3 is 0 Å². The minimum atomic E-state index is -0.223. The standard InChI is InChI=1S/C28H30N6O3/c1-37-23-9-7-22(8-10-23)25-19-24(21-5-3-2-4-6-21)31-34(25)28(36)12-11-27(35)33-17-15-32(16-18-33)26-20-29-13-14-30-26/h2-10,13-14,20,25H,11-12,15-19H2,1H3/t25-/m0/s1. The summed E-state index contributed by atoms with van der Waals surface area (Å²) in [7, 11) is 1.63. The van der Waals surface area contributed by atoms with Crippen LogP contribution < -0.4 is 9.64 Å². The summed E-state index contributed by atoms with van der Waals surface area (Å²) in [6, 6.07) is 17.4. The molecule has 9 nitrogen and oxygen atoms in total. The van der Waals surface area contributed by atoms with Crippen molar-refractivity contribution in [1.82, 2.24) is 19.9 Å². The van der Waals surface area contributed by atoms with Gasteiger partial charge in [0.1, 0.15) is 11.6 Å². The molecule has 3 aromatic rings. The highest BCUT2D eigenvalue weighted by Crippen LogP contribution is 2.34. The molecule has 1 atom stereocenters. The minimum absolute atomic E-state index is 0.0143. The number of carbonyl (C=O) groups is 2. The predicted octanol–water partition coefficient (Wildman–Crippen LogP) is 3.29. The van der Waals surface area contributed by atoms with Gasteiger partial charge in [0.2, 0.25) is 11.8 Å². The zero-order chi connectivity index (χ0) is 25.6. The lowest BCUT2D eigenvalue weighted by Gasteiger charge is -2.35. The zero-order valence-electron chi connectivity index (χ0n) is 20.9. The summed E-state index contributed by atoms with van der Waals surface area (Å²) in [5.74, 6) is 1.40. The molecule has 2 aliphatic rings. The Morgan fingerprint density at radius 2 is 1.65 bits per heavy atom. The molecule has 0 N–H and O–H groups in total. The van der Waals surface area contributed by atoms with Crippen molar-refractivity contribution in [2.24, 2.45) is 5.10 Å². The van der Waals surface area contributed by atoms with Gasteiger partial charge in [0.15, 0.2) is 0 Å². The van der Waals surface area contributed by atoms with E-state index in [2.05, 4.69) is 14.9 Å². The SMILES string of the molecule is COc1ccc([C@@H]2CC(c3ccccc3)=NN2C(=O)CCC(=O)N2CCN(c3cnccn3)CC2)cc1. The van der Waals surface area contributed by atoms with Crippen LogP contribution in [0.3, 0.4) is 0 Å². The Labute approximate surface area is 216 Å². The van der Waals surface area contributed by atoms with Crippen LogP contribution in [-0.4, -0.2) is 70.7 Å². The second-order valence-corrected chi connectivity index (χ2v) is 9.08. The van der Waals surface area contributed by atoms with E-state index in [9.17, 15) is 9.59 Å². The number of hydrogen-bond acceptors (Lipinski definition) is 7. The lowest BCUT2D eigenvalue weighted by atomic mass is 9.98. The van der Waals surface area contributed by atoms with Gasteiger partial charge in [-0.05, 0) is 23.3 Å². The molecule has 0 spiro atoms. The molecule has 2 amide bonds. The molecule has 1 saturated heterocycles. The van der Waals surface area contributed by atoms with Crippen molar-refractivity contribution in [3.63, 3.8) is 0 Å². The van der Waals surface area contributed by atoms with Gasteiger partial charge in [-0.1, -0.05) is 42.5 Å². The highest BCUT2D eigenvalue weighted by atomic mass is 16.5. The molecular weight excluding hydrogens is 468 g/mol. The number of hydrogen-bond donors (Lipinski definition) is 0. The first kappa shape index (κ1) is 24.4. The lowest BCUT2D eigenvalue weighted by molar-refractivity contribution is -0.138. The van der Waals surface area contributed by atoms with E-state index < -0.39 is 0 Å². The van der Waals surface area contributed by atoms with Crippen molar-refractivity contribution >= 4 is 23.3 Å². The van der Waals surface area contributed by atoms with E-state index in [1.54, 1.807) is 30.7 Å². The van der Waals surface area contributed by atoms with Gasteiger partial charge in [-0.15, -0.1) is 0 Å². The second-order valence-electron chi connectivity index (χ2n) is 9.08. The smallest absolute Gasteiger partial charge is 0.243 e. The molecule has 9 heteroatoms. The molecule has 0 radical (unpaired) electrons. The fourth-order valence-electron chi connectivity index (χ4n) is 4.76. The molecule has 2 aliphatic heterocycles. The normalized spacial score (nSPS) is 17.5. The number of piperazine rings is 1. The first-order chi connectivity index (χ1) is 18.1. The van der Waals surface area contributed by atoms with Gasteiger partial charge in [0.05, 0.1) is 25.1 Å². The van der Waals surface area contributed by atoms with Gasteiger partial charge in [-0.3, -0.25) is 14.6 Å². The Kier molecular flexibility index (Phi) is 7.39. The minimum Gasteiger partial charge on any atom is -0.497 e. The van der Waals surface area contributed by atoms with E-state index in [0.717, 1.165) is 28.4 Å². The highest BCUT2D eigenvalue weighted by Gasteiger charge is 2.33. The summed E-state index contributed by atoms with van der Waals surface area (Å²) >= 11 is 0. The average molecular weight is 499 g/mol. The Morgan fingerprint density at radius 3 is 2.32 bits per heavy atom.